The number of carbonyl (C=O) groups is 2. The lowest BCUT2D eigenvalue weighted by atomic mass is 10.0. The van der Waals surface area contributed by atoms with Crippen molar-refractivity contribution in [3.63, 3.8) is 0 Å². The van der Waals surface area contributed by atoms with E-state index in [1.165, 1.54) is 0 Å². The van der Waals surface area contributed by atoms with E-state index in [1.807, 2.05) is 0 Å². The maximum atomic E-state index is 12.1. The van der Waals surface area contributed by atoms with E-state index in [-0.39, 0.29) is 12.4 Å². The van der Waals surface area contributed by atoms with E-state index in [0.29, 0.717) is 24.0 Å². The van der Waals surface area contributed by atoms with Crippen LogP contribution in [0, 0.1) is 0 Å². The standard InChI is InChI=1S/C13H19O7P/c1-4-8-9(5-2)13(21(16,17)18)20-12(8)10(14)7-11(15)19-6-3/h4-7H2,1-3H3,(H2,16,17,18). The van der Waals surface area contributed by atoms with Crippen LogP contribution in [-0.4, -0.2) is 28.1 Å². The van der Waals surface area contributed by atoms with Gasteiger partial charge in [-0.25, -0.2) is 0 Å². The Bertz CT molecular complexity index is 582. The molecule has 1 aromatic rings. The minimum Gasteiger partial charge on any atom is -0.466 e. The summed E-state index contributed by atoms with van der Waals surface area (Å²) in [7, 11) is -4.61. The summed E-state index contributed by atoms with van der Waals surface area (Å²) in [4.78, 5) is 42.0. The fourth-order valence-corrected chi connectivity index (χ4v) is 2.96. The number of carbonyl (C=O) groups excluding carboxylic acids is 2. The molecule has 0 aromatic carbocycles. The van der Waals surface area contributed by atoms with E-state index in [9.17, 15) is 23.9 Å². The average molecular weight is 318 g/mol. The Kier molecular flexibility index (Phi) is 5.89. The Balaban J connectivity index is 3.24. The molecule has 21 heavy (non-hydrogen) atoms. The van der Waals surface area contributed by atoms with Crippen molar-refractivity contribution in [3.8, 4) is 0 Å². The van der Waals surface area contributed by atoms with Gasteiger partial charge in [-0.1, -0.05) is 13.8 Å². The summed E-state index contributed by atoms with van der Waals surface area (Å²) in [5.74, 6) is -1.50. The highest BCUT2D eigenvalue weighted by molar-refractivity contribution is 7.59. The van der Waals surface area contributed by atoms with Gasteiger partial charge in [0, 0.05) is 11.1 Å². The number of Topliss-reactive ketones (excluding diaryl/α,β-unsaturated/α-hetero) is 1. The van der Waals surface area contributed by atoms with Gasteiger partial charge in [0.1, 0.15) is 6.42 Å². The van der Waals surface area contributed by atoms with Crippen LogP contribution in [0.5, 0.6) is 0 Å². The normalized spacial score (nSPS) is 11.5. The van der Waals surface area contributed by atoms with E-state index in [1.54, 1.807) is 20.8 Å². The second-order valence-corrected chi connectivity index (χ2v) is 5.84. The van der Waals surface area contributed by atoms with Crippen LogP contribution in [0.1, 0.15) is 48.9 Å². The van der Waals surface area contributed by atoms with Crippen molar-refractivity contribution >= 4 is 24.8 Å². The molecule has 0 bridgehead atoms. The highest BCUT2D eigenvalue weighted by Gasteiger charge is 2.32. The first-order valence-electron chi connectivity index (χ1n) is 6.65. The van der Waals surface area contributed by atoms with Crippen LogP contribution >= 0.6 is 7.60 Å². The van der Waals surface area contributed by atoms with E-state index in [0.717, 1.165) is 0 Å². The Hall–Kier alpha value is -1.43. The smallest absolute Gasteiger partial charge is 0.391 e. The molecule has 0 aliphatic heterocycles. The predicted molar refractivity (Wildman–Crippen MR) is 74.7 cm³/mol. The van der Waals surface area contributed by atoms with Crippen LogP contribution in [0.2, 0.25) is 0 Å². The molecule has 7 nitrogen and oxygen atoms in total. The van der Waals surface area contributed by atoms with Crippen molar-refractivity contribution in [1.82, 2.24) is 0 Å². The van der Waals surface area contributed by atoms with Gasteiger partial charge in [-0.15, -0.1) is 0 Å². The van der Waals surface area contributed by atoms with E-state index >= 15 is 0 Å². The molecule has 0 unspecified atom stereocenters. The molecule has 118 valence electrons. The first-order valence-corrected chi connectivity index (χ1v) is 8.26. The molecule has 0 radical (unpaired) electrons. The van der Waals surface area contributed by atoms with E-state index < -0.39 is 31.3 Å². The summed E-state index contributed by atoms with van der Waals surface area (Å²) in [5.41, 5.74) is 0.275. The van der Waals surface area contributed by atoms with Crippen molar-refractivity contribution in [1.29, 1.82) is 0 Å². The van der Waals surface area contributed by atoms with Gasteiger partial charge < -0.3 is 18.9 Å². The molecule has 0 aliphatic rings. The van der Waals surface area contributed by atoms with Gasteiger partial charge in [-0.05, 0) is 19.8 Å². The first-order chi connectivity index (χ1) is 9.76. The molecule has 2 N–H and O–H groups in total. The first kappa shape index (κ1) is 17.6. The van der Waals surface area contributed by atoms with Gasteiger partial charge in [-0.3, -0.25) is 14.2 Å². The van der Waals surface area contributed by atoms with Crippen molar-refractivity contribution in [2.24, 2.45) is 0 Å². The zero-order valence-corrected chi connectivity index (χ0v) is 13.1. The lowest BCUT2D eigenvalue weighted by molar-refractivity contribution is -0.142. The molecule has 8 heteroatoms. The third-order valence-electron chi connectivity index (χ3n) is 2.93. The molecule has 0 aliphatic carbocycles. The predicted octanol–water partition coefficient (Wildman–Crippen LogP) is 1.34. The zero-order valence-electron chi connectivity index (χ0n) is 12.2. The minimum atomic E-state index is -4.61. The summed E-state index contributed by atoms with van der Waals surface area (Å²) in [6, 6.07) is 0. The third-order valence-corrected chi connectivity index (χ3v) is 3.82. The van der Waals surface area contributed by atoms with Crippen LogP contribution in [0.4, 0.5) is 0 Å². The monoisotopic (exact) mass is 318 g/mol. The van der Waals surface area contributed by atoms with Gasteiger partial charge >= 0.3 is 13.6 Å². The van der Waals surface area contributed by atoms with Crippen molar-refractivity contribution < 1.29 is 33.1 Å². The summed E-state index contributed by atoms with van der Waals surface area (Å²) in [5, 5.41) is 0. The van der Waals surface area contributed by atoms with Crippen LogP contribution in [0.15, 0.2) is 4.42 Å². The Morgan fingerprint density at radius 1 is 1.14 bits per heavy atom. The number of rotatable bonds is 7. The quantitative estimate of drug-likeness (QED) is 0.337. The number of hydrogen-bond donors (Lipinski definition) is 2. The highest BCUT2D eigenvalue weighted by Crippen LogP contribution is 2.38. The molecule has 0 saturated heterocycles. The van der Waals surface area contributed by atoms with Crippen LogP contribution in [-0.2, 0) is 26.9 Å². The maximum absolute atomic E-state index is 12.1. The summed E-state index contributed by atoms with van der Waals surface area (Å²) in [6.45, 7) is 5.23. The number of hydrogen-bond acceptors (Lipinski definition) is 5. The molecule has 0 saturated carbocycles. The minimum absolute atomic E-state index is 0.152. The van der Waals surface area contributed by atoms with Gasteiger partial charge in [0.05, 0.1) is 6.61 Å². The number of furan rings is 1. The van der Waals surface area contributed by atoms with Gasteiger partial charge in [0.2, 0.25) is 11.3 Å². The van der Waals surface area contributed by atoms with Crippen molar-refractivity contribution in [2.75, 3.05) is 6.61 Å². The molecule has 0 amide bonds. The topological polar surface area (TPSA) is 114 Å². The second kappa shape index (κ2) is 7.02. The lowest BCUT2D eigenvalue weighted by Gasteiger charge is -2.02. The SMILES string of the molecule is CCOC(=O)CC(=O)c1oc(P(=O)(O)O)c(CC)c1CC. The molecule has 1 rings (SSSR count). The summed E-state index contributed by atoms with van der Waals surface area (Å²) in [6.07, 6.45) is 0.175. The molecular formula is C13H19O7P. The summed E-state index contributed by atoms with van der Waals surface area (Å²) >= 11 is 0. The Labute approximate surface area is 122 Å². The Morgan fingerprint density at radius 2 is 1.71 bits per heavy atom. The molecule has 0 atom stereocenters. The van der Waals surface area contributed by atoms with Gasteiger partial charge in [0.25, 0.3) is 0 Å². The fraction of sp³-hybridized carbons (Fsp3) is 0.538. The van der Waals surface area contributed by atoms with Crippen molar-refractivity contribution in [2.45, 2.75) is 40.0 Å². The average Bonchev–Trinajstić information content (AvgIpc) is 2.77. The fourth-order valence-electron chi connectivity index (χ4n) is 2.11. The second-order valence-electron chi connectivity index (χ2n) is 4.35. The highest BCUT2D eigenvalue weighted by atomic mass is 31.2. The molecule has 1 heterocycles. The van der Waals surface area contributed by atoms with Crippen molar-refractivity contribution in [3.05, 3.63) is 16.9 Å². The molecule has 1 aromatic heterocycles. The molecule has 0 fully saturated rings. The van der Waals surface area contributed by atoms with E-state index in [4.69, 9.17) is 4.42 Å². The lowest BCUT2D eigenvalue weighted by Crippen LogP contribution is -2.12. The Morgan fingerprint density at radius 3 is 2.14 bits per heavy atom. The number of ether oxygens (including phenoxy) is 1. The summed E-state index contributed by atoms with van der Waals surface area (Å²) < 4.78 is 21.2. The van der Waals surface area contributed by atoms with Crippen LogP contribution in [0.25, 0.3) is 0 Å². The molecular weight excluding hydrogens is 299 g/mol. The van der Waals surface area contributed by atoms with Gasteiger partial charge in [0.15, 0.2) is 5.76 Å². The van der Waals surface area contributed by atoms with E-state index in [2.05, 4.69) is 4.74 Å². The van der Waals surface area contributed by atoms with Crippen LogP contribution in [0.3, 0.4) is 0 Å². The van der Waals surface area contributed by atoms with Gasteiger partial charge in [-0.2, -0.15) is 0 Å². The number of esters is 1. The van der Waals surface area contributed by atoms with Crippen LogP contribution < -0.4 is 5.50 Å². The number of ketones is 1. The maximum Gasteiger partial charge on any atom is 0.391 e. The zero-order chi connectivity index (χ0) is 16.2. The third kappa shape index (κ3) is 4.03. The molecule has 0 spiro atoms. The largest absolute Gasteiger partial charge is 0.466 e.